The molecule has 2 heterocycles. The SMILES string of the molecule is O=C(CN1CCC(N2CCCC2)CC1)Nc1ccccc1. The van der Waals surface area contributed by atoms with Crippen LogP contribution in [-0.4, -0.2) is 54.5 Å². The first-order valence-electron chi connectivity index (χ1n) is 8.12. The molecule has 0 aliphatic carbocycles. The molecule has 2 aliphatic heterocycles. The Labute approximate surface area is 127 Å². The number of carbonyl (C=O) groups excluding carboxylic acids is 1. The maximum atomic E-state index is 12.1. The molecule has 2 aliphatic rings. The lowest BCUT2D eigenvalue weighted by Gasteiger charge is -2.36. The second kappa shape index (κ2) is 7.05. The van der Waals surface area contributed by atoms with Gasteiger partial charge in [-0.3, -0.25) is 9.69 Å². The van der Waals surface area contributed by atoms with E-state index in [2.05, 4.69) is 15.1 Å². The molecule has 0 saturated carbocycles. The van der Waals surface area contributed by atoms with E-state index in [0.717, 1.165) is 24.8 Å². The molecule has 0 atom stereocenters. The zero-order valence-electron chi connectivity index (χ0n) is 12.6. The molecular formula is C17H25N3O. The third-order valence-electron chi connectivity index (χ3n) is 4.64. The summed E-state index contributed by atoms with van der Waals surface area (Å²) in [5.41, 5.74) is 0.884. The summed E-state index contributed by atoms with van der Waals surface area (Å²) in [5, 5.41) is 2.96. The summed E-state index contributed by atoms with van der Waals surface area (Å²) in [7, 11) is 0. The Morgan fingerprint density at radius 2 is 1.71 bits per heavy atom. The van der Waals surface area contributed by atoms with Gasteiger partial charge in [-0.05, 0) is 50.9 Å². The van der Waals surface area contributed by atoms with E-state index in [1.54, 1.807) is 0 Å². The minimum absolute atomic E-state index is 0.0980. The second-order valence-corrected chi connectivity index (χ2v) is 6.16. The number of nitrogens with zero attached hydrogens (tertiary/aromatic N) is 2. The lowest BCUT2D eigenvalue weighted by Crippen LogP contribution is -2.45. The molecule has 2 fully saturated rings. The molecular weight excluding hydrogens is 262 g/mol. The van der Waals surface area contributed by atoms with Crippen molar-refractivity contribution in [3.8, 4) is 0 Å². The van der Waals surface area contributed by atoms with Crippen LogP contribution in [-0.2, 0) is 4.79 Å². The van der Waals surface area contributed by atoms with Crippen LogP contribution in [0.3, 0.4) is 0 Å². The summed E-state index contributed by atoms with van der Waals surface area (Å²) in [4.78, 5) is 17.0. The van der Waals surface area contributed by atoms with Gasteiger partial charge < -0.3 is 10.2 Å². The first kappa shape index (κ1) is 14.5. The Bertz CT molecular complexity index is 448. The van der Waals surface area contributed by atoms with Crippen molar-refractivity contribution < 1.29 is 4.79 Å². The maximum absolute atomic E-state index is 12.1. The predicted molar refractivity (Wildman–Crippen MR) is 85.3 cm³/mol. The predicted octanol–water partition coefficient (Wildman–Crippen LogP) is 2.19. The molecule has 0 radical (unpaired) electrons. The number of nitrogens with one attached hydrogen (secondary N) is 1. The second-order valence-electron chi connectivity index (χ2n) is 6.16. The smallest absolute Gasteiger partial charge is 0.238 e. The molecule has 1 aromatic rings. The summed E-state index contributed by atoms with van der Waals surface area (Å²) >= 11 is 0. The highest BCUT2D eigenvalue weighted by Crippen LogP contribution is 2.20. The first-order valence-corrected chi connectivity index (χ1v) is 8.12. The lowest BCUT2D eigenvalue weighted by atomic mass is 10.0. The van der Waals surface area contributed by atoms with Crippen LogP contribution in [0.4, 0.5) is 5.69 Å². The van der Waals surface area contributed by atoms with Gasteiger partial charge in [-0.2, -0.15) is 0 Å². The van der Waals surface area contributed by atoms with Crippen LogP contribution in [0.1, 0.15) is 25.7 Å². The van der Waals surface area contributed by atoms with Crippen LogP contribution in [0.2, 0.25) is 0 Å². The Morgan fingerprint density at radius 1 is 1.05 bits per heavy atom. The van der Waals surface area contributed by atoms with Gasteiger partial charge in [-0.15, -0.1) is 0 Å². The normalized spacial score (nSPS) is 21.5. The quantitative estimate of drug-likeness (QED) is 0.922. The Kier molecular flexibility index (Phi) is 4.88. The number of hydrogen-bond donors (Lipinski definition) is 1. The number of amides is 1. The van der Waals surface area contributed by atoms with Crippen LogP contribution in [0.15, 0.2) is 30.3 Å². The molecule has 1 N–H and O–H groups in total. The van der Waals surface area contributed by atoms with Gasteiger partial charge in [0.1, 0.15) is 0 Å². The minimum Gasteiger partial charge on any atom is -0.325 e. The third-order valence-corrected chi connectivity index (χ3v) is 4.64. The first-order chi connectivity index (χ1) is 10.3. The van der Waals surface area contributed by atoms with Gasteiger partial charge in [0.2, 0.25) is 5.91 Å². The molecule has 1 amide bonds. The van der Waals surface area contributed by atoms with Crippen LogP contribution in [0, 0.1) is 0 Å². The molecule has 21 heavy (non-hydrogen) atoms. The summed E-state index contributed by atoms with van der Waals surface area (Å²) in [6, 6.07) is 10.4. The standard InChI is InChI=1S/C17H25N3O/c21-17(18-15-6-2-1-3-7-15)14-19-12-8-16(9-13-19)20-10-4-5-11-20/h1-3,6-7,16H,4-5,8-14H2,(H,18,21). The van der Waals surface area contributed by atoms with Crippen LogP contribution < -0.4 is 5.32 Å². The van der Waals surface area contributed by atoms with Gasteiger partial charge in [-0.1, -0.05) is 18.2 Å². The summed E-state index contributed by atoms with van der Waals surface area (Å²) in [6.07, 6.45) is 5.14. The summed E-state index contributed by atoms with van der Waals surface area (Å²) < 4.78 is 0. The van der Waals surface area contributed by atoms with Gasteiger partial charge in [0.15, 0.2) is 0 Å². The van der Waals surface area contributed by atoms with Crippen molar-refractivity contribution in [3.05, 3.63) is 30.3 Å². The highest BCUT2D eigenvalue weighted by Gasteiger charge is 2.26. The van der Waals surface area contributed by atoms with Crippen molar-refractivity contribution in [3.63, 3.8) is 0 Å². The van der Waals surface area contributed by atoms with Crippen molar-refractivity contribution >= 4 is 11.6 Å². The third kappa shape index (κ3) is 4.05. The molecule has 114 valence electrons. The Morgan fingerprint density at radius 3 is 2.38 bits per heavy atom. The van der Waals surface area contributed by atoms with Crippen molar-refractivity contribution in [1.82, 2.24) is 9.80 Å². The Balaban J connectivity index is 1.41. The number of hydrogen-bond acceptors (Lipinski definition) is 3. The number of piperidine rings is 1. The van der Waals surface area contributed by atoms with Crippen molar-refractivity contribution in [2.75, 3.05) is 38.0 Å². The number of carbonyl (C=O) groups is 1. The fraction of sp³-hybridized carbons (Fsp3) is 0.588. The molecule has 4 heteroatoms. The average Bonchev–Trinajstić information content (AvgIpc) is 3.03. The Hall–Kier alpha value is -1.39. The van der Waals surface area contributed by atoms with Gasteiger partial charge in [0, 0.05) is 24.8 Å². The van der Waals surface area contributed by atoms with Crippen molar-refractivity contribution in [1.29, 1.82) is 0 Å². The van der Waals surface area contributed by atoms with Crippen LogP contribution in [0.5, 0.6) is 0 Å². The topological polar surface area (TPSA) is 35.6 Å². The largest absolute Gasteiger partial charge is 0.325 e. The van der Waals surface area contributed by atoms with Crippen molar-refractivity contribution in [2.45, 2.75) is 31.7 Å². The number of benzene rings is 1. The average molecular weight is 287 g/mol. The molecule has 2 saturated heterocycles. The van der Waals surface area contributed by atoms with E-state index < -0.39 is 0 Å². The van der Waals surface area contributed by atoms with Gasteiger partial charge in [0.25, 0.3) is 0 Å². The monoisotopic (exact) mass is 287 g/mol. The van der Waals surface area contributed by atoms with E-state index in [-0.39, 0.29) is 5.91 Å². The number of likely N-dealkylation sites (tertiary alicyclic amines) is 2. The van der Waals surface area contributed by atoms with Gasteiger partial charge in [0.05, 0.1) is 6.54 Å². The zero-order valence-corrected chi connectivity index (χ0v) is 12.6. The van der Waals surface area contributed by atoms with E-state index in [1.807, 2.05) is 30.3 Å². The molecule has 3 rings (SSSR count). The molecule has 0 spiro atoms. The van der Waals surface area contributed by atoms with E-state index in [0.29, 0.717) is 6.54 Å². The minimum atomic E-state index is 0.0980. The van der Waals surface area contributed by atoms with E-state index in [4.69, 9.17) is 0 Å². The molecule has 4 nitrogen and oxygen atoms in total. The molecule has 0 bridgehead atoms. The number of rotatable bonds is 4. The van der Waals surface area contributed by atoms with Gasteiger partial charge in [-0.25, -0.2) is 0 Å². The summed E-state index contributed by atoms with van der Waals surface area (Å²) in [6.45, 7) is 5.16. The summed E-state index contributed by atoms with van der Waals surface area (Å²) in [5.74, 6) is 0.0980. The van der Waals surface area contributed by atoms with Crippen LogP contribution in [0.25, 0.3) is 0 Å². The number of para-hydroxylation sites is 1. The van der Waals surface area contributed by atoms with E-state index in [9.17, 15) is 4.79 Å². The lowest BCUT2D eigenvalue weighted by molar-refractivity contribution is -0.117. The maximum Gasteiger partial charge on any atom is 0.238 e. The highest BCUT2D eigenvalue weighted by molar-refractivity contribution is 5.92. The fourth-order valence-electron chi connectivity index (χ4n) is 3.47. The van der Waals surface area contributed by atoms with Crippen LogP contribution >= 0.6 is 0 Å². The zero-order chi connectivity index (χ0) is 14.5. The molecule has 0 aromatic heterocycles. The van der Waals surface area contributed by atoms with E-state index in [1.165, 1.54) is 38.8 Å². The molecule has 1 aromatic carbocycles. The van der Waals surface area contributed by atoms with E-state index >= 15 is 0 Å². The highest BCUT2D eigenvalue weighted by atomic mass is 16.2. The van der Waals surface area contributed by atoms with Crippen molar-refractivity contribution in [2.24, 2.45) is 0 Å². The number of anilines is 1. The van der Waals surface area contributed by atoms with Gasteiger partial charge >= 0.3 is 0 Å². The molecule has 0 unspecified atom stereocenters. The fourth-order valence-corrected chi connectivity index (χ4v) is 3.47.